The molecular weight excluding hydrogens is 312 g/mol. The molecule has 0 bridgehead atoms. The van der Waals surface area contributed by atoms with Crippen molar-refractivity contribution in [2.45, 2.75) is 25.3 Å². The predicted octanol–water partition coefficient (Wildman–Crippen LogP) is 1.95. The third kappa shape index (κ3) is 4.02. The summed E-state index contributed by atoms with van der Waals surface area (Å²) in [6, 6.07) is 0.203. The number of hydrogen-bond donors (Lipinski definition) is 2. The number of nitrogens with one attached hydrogen (secondary N) is 2. The van der Waals surface area contributed by atoms with Gasteiger partial charge in [-0.2, -0.15) is 0 Å². The van der Waals surface area contributed by atoms with Gasteiger partial charge in [0.2, 0.25) is 5.91 Å². The second-order valence-corrected chi connectivity index (χ2v) is 6.31. The van der Waals surface area contributed by atoms with Crippen molar-refractivity contribution in [2.75, 3.05) is 25.5 Å². The first-order valence-corrected chi connectivity index (χ1v) is 8.57. The van der Waals surface area contributed by atoms with Gasteiger partial charge in [0.1, 0.15) is 0 Å². The molecule has 7 nitrogen and oxygen atoms in total. The summed E-state index contributed by atoms with van der Waals surface area (Å²) in [6.07, 6.45) is 8.27. The zero-order valence-electron chi connectivity index (χ0n) is 13.0. The van der Waals surface area contributed by atoms with Crippen LogP contribution < -0.4 is 10.6 Å². The third-order valence-corrected chi connectivity index (χ3v) is 4.68. The van der Waals surface area contributed by atoms with E-state index in [4.69, 9.17) is 0 Å². The maximum Gasteiger partial charge on any atom is 0.233 e. The molecule has 0 aromatic carbocycles. The Labute approximate surface area is 139 Å². The van der Waals surface area contributed by atoms with Crippen molar-refractivity contribution in [3.05, 3.63) is 29.7 Å². The molecule has 0 aliphatic carbocycles. The van der Waals surface area contributed by atoms with Crippen molar-refractivity contribution in [1.82, 2.24) is 25.2 Å². The van der Waals surface area contributed by atoms with Gasteiger partial charge in [-0.1, -0.05) is 6.42 Å². The molecule has 0 unspecified atom stereocenters. The average molecular weight is 332 g/mol. The van der Waals surface area contributed by atoms with Crippen molar-refractivity contribution in [3.63, 3.8) is 0 Å². The maximum absolute atomic E-state index is 11.7. The Morgan fingerprint density at radius 2 is 2.35 bits per heavy atom. The lowest BCUT2D eigenvalue weighted by atomic mass is 10.00. The van der Waals surface area contributed by atoms with E-state index in [0.717, 1.165) is 30.2 Å². The Hall–Kier alpha value is -2.06. The molecule has 1 amide bonds. The zero-order chi connectivity index (χ0) is 16.1. The monoisotopic (exact) mass is 332 g/mol. The van der Waals surface area contributed by atoms with Crippen molar-refractivity contribution < 1.29 is 4.79 Å². The van der Waals surface area contributed by atoms with Crippen LogP contribution in [-0.4, -0.2) is 45.9 Å². The molecule has 2 aromatic rings. The Morgan fingerprint density at radius 3 is 3.13 bits per heavy atom. The molecule has 2 N–H and O–H groups in total. The van der Waals surface area contributed by atoms with E-state index in [-0.39, 0.29) is 11.9 Å². The van der Waals surface area contributed by atoms with E-state index >= 15 is 0 Å². The number of thiazole rings is 1. The second kappa shape index (κ2) is 7.47. The van der Waals surface area contributed by atoms with E-state index in [2.05, 4.69) is 35.9 Å². The Balaban J connectivity index is 1.71. The minimum Gasteiger partial charge on any atom is -0.358 e. The van der Waals surface area contributed by atoms with Crippen LogP contribution in [0.4, 0.5) is 10.9 Å². The number of rotatable bonds is 5. The number of aromatic nitrogens is 3. The SMILES string of the molecule is CNC(=O)CN1CCCC[C@@H]1c1csc(Nc2cnccn2)n1. The lowest BCUT2D eigenvalue weighted by molar-refractivity contribution is -0.122. The highest BCUT2D eigenvalue weighted by Gasteiger charge is 2.27. The van der Waals surface area contributed by atoms with E-state index in [1.54, 1.807) is 37.0 Å². The van der Waals surface area contributed by atoms with Crippen molar-refractivity contribution in [1.29, 1.82) is 0 Å². The molecule has 8 heteroatoms. The molecule has 122 valence electrons. The summed E-state index contributed by atoms with van der Waals surface area (Å²) >= 11 is 1.55. The molecule has 0 saturated carbocycles. The summed E-state index contributed by atoms with van der Waals surface area (Å²) in [6.45, 7) is 1.36. The summed E-state index contributed by atoms with van der Waals surface area (Å²) in [5, 5.41) is 8.72. The summed E-state index contributed by atoms with van der Waals surface area (Å²) in [5.41, 5.74) is 1.02. The quantitative estimate of drug-likeness (QED) is 0.871. The number of anilines is 2. The van der Waals surface area contributed by atoms with Gasteiger partial charge in [0.15, 0.2) is 10.9 Å². The van der Waals surface area contributed by atoms with Gasteiger partial charge in [0, 0.05) is 24.8 Å². The molecule has 1 saturated heterocycles. The van der Waals surface area contributed by atoms with Crippen LogP contribution in [0, 0.1) is 0 Å². The number of piperidine rings is 1. The molecule has 3 heterocycles. The topological polar surface area (TPSA) is 83.0 Å². The highest BCUT2D eigenvalue weighted by molar-refractivity contribution is 7.13. The van der Waals surface area contributed by atoms with Crippen LogP contribution in [0.5, 0.6) is 0 Å². The van der Waals surface area contributed by atoms with Crippen LogP contribution in [0.25, 0.3) is 0 Å². The number of carbonyl (C=O) groups is 1. The van der Waals surface area contributed by atoms with E-state index in [0.29, 0.717) is 12.4 Å². The average Bonchev–Trinajstić information content (AvgIpc) is 3.04. The largest absolute Gasteiger partial charge is 0.358 e. The fraction of sp³-hybridized carbons (Fsp3) is 0.467. The molecule has 1 aliphatic heterocycles. The van der Waals surface area contributed by atoms with Gasteiger partial charge in [0.25, 0.3) is 0 Å². The summed E-state index contributed by atoms with van der Waals surface area (Å²) in [5.74, 6) is 0.726. The fourth-order valence-corrected chi connectivity index (χ4v) is 3.51. The van der Waals surface area contributed by atoms with Crippen LogP contribution in [0.2, 0.25) is 0 Å². The van der Waals surface area contributed by atoms with Gasteiger partial charge in [-0.25, -0.2) is 9.97 Å². The Kier molecular flexibility index (Phi) is 5.14. The Morgan fingerprint density at radius 1 is 1.43 bits per heavy atom. The molecule has 1 atom stereocenters. The van der Waals surface area contributed by atoms with Crippen molar-refractivity contribution in [2.24, 2.45) is 0 Å². The number of nitrogens with zero attached hydrogens (tertiary/aromatic N) is 4. The molecule has 1 aliphatic rings. The van der Waals surface area contributed by atoms with Crippen LogP contribution in [0.15, 0.2) is 24.0 Å². The molecule has 0 radical (unpaired) electrons. The van der Waals surface area contributed by atoms with Crippen molar-refractivity contribution >= 4 is 28.2 Å². The van der Waals surface area contributed by atoms with Gasteiger partial charge < -0.3 is 10.6 Å². The number of likely N-dealkylation sites (N-methyl/N-ethyl adjacent to an activating group) is 1. The van der Waals surface area contributed by atoms with Crippen LogP contribution in [0.3, 0.4) is 0 Å². The van der Waals surface area contributed by atoms with E-state index in [9.17, 15) is 4.79 Å². The lowest BCUT2D eigenvalue weighted by Gasteiger charge is -2.34. The lowest BCUT2D eigenvalue weighted by Crippen LogP contribution is -2.40. The molecule has 3 rings (SSSR count). The molecule has 23 heavy (non-hydrogen) atoms. The number of amides is 1. The van der Waals surface area contributed by atoms with E-state index in [1.807, 2.05) is 0 Å². The minimum absolute atomic E-state index is 0.0463. The number of likely N-dealkylation sites (tertiary alicyclic amines) is 1. The summed E-state index contributed by atoms with van der Waals surface area (Å²) < 4.78 is 0. The first-order valence-electron chi connectivity index (χ1n) is 7.69. The van der Waals surface area contributed by atoms with Crippen LogP contribution in [0.1, 0.15) is 31.0 Å². The first-order chi connectivity index (χ1) is 11.3. The third-order valence-electron chi connectivity index (χ3n) is 3.90. The number of hydrogen-bond acceptors (Lipinski definition) is 7. The second-order valence-electron chi connectivity index (χ2n) is 5.45. The highest BCUT2D eigenvalue weighted by Crippen LogP contribution is 2.32. The van der Waals surface area contributed by atoms with E-state index < -0.39 is 0 Å². The smallest absolute Gasteiger partial charge is 0.233 e. The molecule has 2 aromatic heterocycles. The van der Waals surface area contributed by atoms with E-state index in [1.165, 1.54) is 6.42 Å². The first kappa shape index (κ1) is 15.8. The normalized spacial score (nSPS) is 18.6. The highest BCUT2D eigenvalue weighted by atomic mass is 32.1. The summed E-state index contributed by atoms with van der Waals surface area (Å²) in [4.78, 5) is 26.8. The van der Waals surface area contributed by atoms with Crippen molar-refractivity contribution in [3.8, 4) is 0 Å². The molecular formula is C15H20N6OS. The number of carbonyl (C=O) groups excluding carboxylic acids is 1. The van der Waals surface area contributed by atoms with Gasteiger partial charge in [0.05, 0.1) is 24.5 Å². The zero-order valence-corrected chi connectivity index (χ0v) is 13.8. The van der Waals surface area contributed by atoms with Gasteiger partial charge in [-0.3, -0.25) is 14.7 Å². The molecule has 1 fully saturated rings. The molecule has 0 spiro atoms. The maximum atomic E-state index is 11.7. The van der Waals surface area contributed by atoms with Gasteiger partial charge in [-0.05, 0) is 19.4 Å². The van der Waals surface area contributed by atoms with Gasteiger partial charge in [-0.15, -0.1) is 11.3 Å². The fourth-order valence-electron chi connectivity index (χ4n) is 2.75. The Bertz CT molecular complexity index is 646. The van der Waals surface area contributed by atoms with Gasteiger partial charge >= 0.3 is 0 Å². The minimum atomic E-state index is 0.0463. The van der Waals surface area contributed by atoms with Crippen LogP contribution in [-0.2, 0) is 4.79 Å². The summed E-state index contributed by atoms with van der Waals surface area (Å²) in [7, 11) is 1.67. The standard InChI is InChI=1S/C15H20N6OS/c1-16-14(22)9-21-7-3-2-4-12(21)11-10-23-15(19-11)20-13-8-17-5-6-18-13/h5-6,8,10,12H,2-4,7,9H2,1H3,(H,16,22)(H,18,19,20)/t12-/m1/s1. The predicted molar refractivity (Wildman–Crippen MR) is 89.7 cm³/mol. The van der Waals surface area contributed by atoms with Crippen LogP contribution >= 0.6 is 11.3 Å².